The zero-order valence-electron chi connectivity index (χ0n) is 13.7. The van der Waals surface area contributed by atoms with Crippen LogP contribution in [0.25, 0.3) is 0 Å². The van der Waals surface area contributed by atoms with Gasteiger partial charge in [-0.15, -0.1) is 0 Å². The zero-order valence-corrected chi connectivity index (χ0v) is 14.5. The van der Waals surface area contributed by atoms with Crippen molar-refractivity contribution in [2.45, 2.75) is 30.4 Å². The van der Waals surface area contributed by atoms with E-state index in [0.29, 0.717) is 25.6 Å². The summed E-state index contributed by atoms with van der Waals surface area (Å²) in [6.07, 6.45) is 2.58. The Kier molecular flexibility index (Phi) is 5.86. The summed E-state index contributed by atoms with van der Waals surface area (Å²) in [7, 11) is -3.34. The Balaban J connectivity index is 1.41. The van der Waals surface area contributed by atoms with Gasteiger partial charge in [0.05, 0.1) is 23.9 Å². The van der Waals surface area contributed by atoms with Crippen LogP contribution in [0.1, 0.15) is 19.3 Å². The number of hydrogen-bond donors (Lipinski definition) is 0. The van der Waals surface area contributed by atoms with Crippen LogP contribution in [0.2, 0.25) is 0 Å². The van der Waals surface area contributed by atoms with Crippen molar-refractivity contribution >= 4 is 9.84 Å². The molecule has 0 saturated carbocycles. The SMILES string of the molecule is O=S(=O)(CCCN1CCC(C2OCCO2)CC1)c1ccc(F)cc1. The van der Waals surface area contributed by atoms with Crippen molar-refractivity contribution in [2.24, 2.45) is 5.92 Å². The van der Waals surface area contributed by atoms with E-state index in [4.69, 9.17) is 9.47 Å². The van der Waals surface area contributed by atoms with Crippen molar-refractivity contribution in [2.75, 3.05) is 38.6 Å². The van der Waals surface area contributed by atoms with Gasteiger partial charge in [0.25, 0.3) is 0 Å². The van der Waals surface area contributed by atoms with Crippen LogP contribution >= 0.6 is 0 Å². The molecule has 3 rings (SSSR count). The molecule has 2 saturated heterocycles. The first-order chi connectivity index (χ1) is 11.5. The van der Waals surface area contributed by atoms with Gasteiger partial charge in [0, 0.05) is 5.92 Å². The van der Waals surface area contributed by atoms with Crippen LogP contribution in [0.15, 0.2) is 29.2 Å². The summed E-state index contributed by atoms with van der Waals surface area (Å²) in [5.41, 5.74) is 0. The van der Waals surface area contributed by atoms with E-state index >= 15 is 0 Å². The van der Waals surface area contributed by atoms with Crippen LogP contribution in [-0.2, 0) is 19.3 Å². The van der Waals surface area contributed by atoms with E-state index in [9.17, 15) is 12.8 Å². The summed E-state index contributed by atoms with van der Waals surface area (Å²) in [6, 6.07) is 5.03. The maximum atomic E-state index is 12.9. The molecule has 0 bridgehead atoms. The number of rotatable bonds is 6. The molecule has 0 amide bonds. The lowest BCUT2D eigenvalue weighted by atomic mass is 9.96. The molecule has 0 radical (unpaired) electrons. The van der Waals surface area contributed by atoms with Gasteiger partial charge in [0.1, 0.15) is 5.82 Å². The minimum absolute atomic E-state index is 0.0500. The predicted molar refractivity (Wildman–Crippen MR) is 87.9 cm³/mol. The van der Waals surface area contributed by atoms with Crippen LogP contribution in [-0.4, -0.2) is 58.2 Å². The molecule has 0 atom stereocenters. The van der Waals surface area contributed by atoms with Crippen LogP contribution in [0.5, 0.6) is 0 Å². The topological polar surface area (TPSA) is 55.8 Å². The molecule has 0 unspecified atom stereocenters. The standard InChI is InChI=1S/C17H24FNO4S/c18-15-2-4-16(5-3-15)24(20,21)13-1-8-19-9-6-14(7-10-19)17-22-11-12-23-17/h2-5,14,17H,1,6-13H2. The van der Waals surface area contributed by atoms with Gasteiger partial charge in [-0.3, -0.25) is 0 Å². The Morgan fingerprint density at radius 2 is 1.71 bits per heavy atom. The molecule has 2 aliphatic rings. The second-order valence-electron chi connectivity index (χ2n) is 6.42. The molecule has 134 valence electrons. The van der Waals surface area contributed by atoms with E-state index in [1.807, 2.05) is 0 Å². The number of nitrogens with zero attached hydrogens (tertiary/aromatic N) is 1. The van der Waals surface area contributed by atoms with Crippen molar-refractivity contribution in [3.63, 3.8) is 0 Å². The van der Waals surface area contributed by atoms with Gasteiger partial charge >= 0.3 is 0 Å². The highest BCUT2D eigenvalue weighted by atomic mass is 32.2. The van der Waals surface area contributed by atoms with Crippen molar-refractivity contribution in [1.29, 1.82) is 0 Å². The molecule has 2 fully saturated rings. The van der Waals surface area contributed by atoms with Gasteiger partial charge in [-0.25, -0.2) is 12.8 Å². The molecule has 0 spiro atoms. The van der Waals surface area contributed by atoms with Gasteiger partial charge in [-0.2, -0.15) is 0 Å². The van der Waals surface area contributed by atoms with E-state index in [1.165, 1.54) is 24.3 Å². The van der Waals surface area contributed by atoms with Crippen LogP contribution in [0.4, 0.5) is 4.39 Å². The predicted octanol–water partition coefficient (Wildman–Crippen LogP) is 2.07. The third-order valence-corrected chi connectivity index (χ3v) is 6.54. The second kappa shape index (κ2) is 7.91. The first-order valence-corrected chi connectivity index (χ1v) is 10.1. The summed E-state index contributed by atoms with van der Waals surface area (Å²) in [5.74, 6) is 0.117. The Bertz CT molecular complexity index is 620. The molecule has 0 aliphatic carbocycles. The van der Waals surface area contributed by atoms with E-state index in [0.717, 1.165) is 32.5 Å². The number of halogens is 1. The Labute approximate surface area is 142 Å². The fourth-order valence-electron chi connectivity index (χ4n) is 3.34. The third-order valence-electron chi connectivity index (χ3n) is 4.72. The lowest BCUT2D eigenvalue weighted by Gasteiger charge is -2.33. The van der Waals surface area contributed by atoms with Gasteiger partial charge < -0.3 is 14.4 Å². The Morgan fingerprint density at radius 1 is 1.08 bits per heavy atom. The number of benzene rings is 1. The number of hydrogen-bond acceptors (Lipinski definition) is 5. The van der Waals surface area contributed by atoms with Crippen LogP contribution in [0.3, 0.4) is 0 Å². The molecule has 1 aromatic carbocycles. The number of sulfone groups is 1. The van der Waals surface area contributed by atoms with E-state index < -0.39 is 15.7 Å². The van der Waals surface area contributed by atoms with Gasteiger partial charge in [-0.1, -0.05) is 0 Å². The van der Waals surface area contributed by atoms with Crippen molar-refractivity contribution < 1.29 is 22.3 Å². The van der Waals surface area contributed by atoms with E-state index in [2.05, 4.69) is 4.90 Å². The molecule has 24 heavy (non-hydrogen) atoms. The van der Waals surface area contributed by atoms with Crippen molar-refractivity contribution in [3.8, 4) is 0 Å². The molecule has 2 aliphatic heterocycles. The first-order valence-electron chi connectivity index (χ1n) is 8.48. The molecule has 5 nitrogen and oxygen atoms in total. The number of piperidine rings is 1. The summed E-state index contributed by atoms with van der Waals surface area (Å²) in [4.78, 5) is 2.49. The lowest BCUT2D eigenvalue weighted by Crippen LogP contribution is -2.39. The summed E-state index contributed by atoms with van der Waals surface area (Å²) < 4.78 is 48.5. The second-order valence-corrected chi connectivity index (χ2v) is 8.52. The largest absolute Gasteiger partial charge is 0.350 e. The molecular formula is C17H24FNO4S. The highest BCUT2D eigenvalue weighted by molar-refractivity contribution is 7.91. The zero-order chi connectivity index (χ0) is 17.0. The lowest BCUT2D eigenvalue weighted by molar-refractivity contribution is -0.0973. The molecule has 7 heteroatoms. The molecule has 0 aromatic heterocycles. The molecular weight excluding hydrogens is 333 g/mol. The summed E-state index contributed by atoms with van der Waals surface area (Å²) in [5, 5.41) is 0. The fraction of sp³-hybridized carbons (Fsp3) is 0.647. The monoisotopic (exact) mass is 357 g/mol. The van der Waals surface area contributed by atoms with E-state index in [-0.39, 0.29) is 16.9 Å². The smallest absolute Gasteiger partial charge is 0.178 e. The van der Waals surface area contributed by atoms with Gasteiger partial charge in [0.15, 0.2) is 16.1 Å². The van der Waals surface area contributed by atoms with Crippen LogP contribution < -0.4 is 0 Å². The maximum absolute atomic E-state index is 12.9. The normalized spacial score (nSPS) is 21.4. The van der Waals surface area contributed by atoms with Crippen molar-refractivity contribution in [3.05, 3.63) is 30.1 Å². The summed E-state index contributed by atoms with van der Waals surface area (Å²) in [6.45, 7) is 4.03. The minimum Gasteiger partial charge on any atom is -0.350 e. The average molecular weight is 357 g/mol. The van der Waals surface area contributed by atoms with Gasteiger partial charge in [-0.05, 0) is 63.2 Å². The summed E-state index contributed by atoms with van der Waals surface area (Å²) >= 11 is 0. The Morgan fingerprint density at radius 3 is 2.33 bits per heavy atom. The third kappa shape index (κ3) is 4.53. The first kappa shape index (κ1) is 17.8. The Hall–Kier alpha value is -1.02. The number of likely N-dealkylation sites (tertiary alicyclic amines) is 1. The fourth-order valence-corrected chi connectivity index (χ4v) is 4.63. The molecule has 1 aromatic rings. The van der Waals surface area contributed by atoms with E-state index in [1.54, 1.807) is 0 Å². The number of ether oxygens (including phenoxy) is 2. The molecule has 0 N–H and O–H groups in total. The average Bonchev–Trinajstić information content (AvgIpc) is 3.10. The quantitative estimate of drug-likeness (QED) is 0.730. The highest BCUT2D eigenvalue weighted by Crippen LogP contribution is 2.25. The maximum Gasteiger partial charge on any atom is 0.178 e. The van der Waals surface area contributed by atoms with Crippen molar-refractivity contribution in [1.82, 2.24) is 4.90 Å². The minimum atomic E-state index is -3.34. The van der Waals surface area contributed by atoms with Gasteiger partial charge in [0.2, 0.25) is 0 Å². The highest BCUT2D eigenvalue weighted by Gasteiger charge is 2.30. The van der Waals surface area contributed by atoms with Crippen LogP contribution in [0, 0.1) is 11.7 Å². The molecule has 2 heterocycles.